The molecule has 0 saturated carbocycles. The number of carbonyl (C=O) groups is 1. The summed E-state index contributed by atoms with van der Waals surface area (Å²) in [5.74, 6) is 0.321. The highest BCUT2D eigenvalue weighted by atomic mass is 35.5. The predicted octanol–water partition coefficient (Wildman–Crippen LogP) is 3.96. The molecule has 0 aliphatic rings. The van der Waals surface area contributed by atoms with Crippen molar-refractivity contribution in [2.24, 2.45) is 0 Å². The van der Waals surface area contributed by atoms with E-state index in [1.54, 1.807) is 19.2 Å². The fourth-order valence-corrected chi connectivity index (χ4v) is 3.38. The lowest BCUT2D eigenvalue weighted by molar-refractivity contribution is 0.0600. The monoisotopic (exact) mass is 404 g/mol. The van der Waals surface area contributed by atoms with E-state index in [9.17, 15) is 4.79 Å². The van der Waals surface area contributed by atoms with Crippen LogP contribution in [0.5, 0.6) is 5.75 Å². The molecule has 2 rings (SSSR count). The zero-order chi connectivity index (χ0) is 20.7. The van der Waals surface area contributed by atoms with Gasteiger partial charge in [0.1, 0.15) is 5.75 Å². The van der Waals surface area contributed by atoms with E-state index in [1.165, 1.54) is 12.7 Å². The summed E-state index contributed by atoms with van der Waals surface area (Å²) in [6.07, 6.45) is 0.778. The van der Waals surface area contributed by atoms with Gasteiger partial charge in [0, 0.05) is 23.7 Å². The average molecular weight is 405 g/mol. The topological polar surface area (TPSA) is 50.8 Å². The second-order valence-corrected chi connectivity index (χ2v) is 7.50. The van der Waals surface area contributed by atoms with E-state index >= 15 is 0 Å². The number of rotatable bonds is 9. The van der Waals surface area contributed by atoms with Gasteiger partial charge in [-0.25, -0.2) is 4.79 Å². The number of halogens is 1. The highest BCUT2D eigenvalue weighted by Crippen LogP contribution is 2.24. The van der Waals surface area contributed by atoms with Gasteiger partial charge in [-0.15, -0.1) is 0 Å². The number of ether oxygens (including phenoxy) is 2. The normalized spacial score (nSPS) is 13.2. The smallest absolute Gasteiger partial charge is 0.337 e. The first kappa shape index (κ1) is 22.2. The Kier molecular flexibility index (Phi) is 8.30. The van der Waals surface area contributed by atoms with E-state index in [4.69, 9.17) is 21.1 Å². The third-order valence-electron chi connectivity index (χ3n) is 4.75. The van der Waals surface area contributed by atoms with E-state index in [-0.39, 0.29) is 18.1 Å². The number of nitrogens with one attached hydrogen (secondary N) is 1. The second kappa shape index (κ2) is 10.5. The molecule has 0 amide bonds. The molecule has 0 saturated heterocycles. The number of benzene rings is 2. The molecule has 0 aliphatic carbocycles. The summed E-state index contributed by atoms with van der Waals surface area (Å²) in [6.45, 7) is 2.93. The van der Waals surface area contributed by atoms with E-state index in [1.807, 2.05) is 24.3 Å². The maximum absolute atomic E-state index is 11.7. The first-order chi connectivity index (χ1) is 13.3. The number of esters is 1. The molecule has 2 aromatic carbocycles. The van der Waals surface area contributed by atoms with Gasteiger partial charge in [-0.1, -0.05) is 29.8 Å². The molecular weight excluding hydrogens is 376 g/mol. The lowest BCUT2D eigenvalue weighted by atomic mass is 10.0. The number of carbonyl (C=O) groups excluding carboxylic acids is 1. The largest absolute Gasteiger partial charge is 0.496 e. The van der Waals surface area contributed by atoms with E-state index < -0.39 is 0 Å². The van der Waals surface area contributed by atoms with Crippen LogP contribution in [0.3, 0.4) is 0 Å². The molecule has 1 N–H and O–H groups in total. The van der Waals surface area contributed by atoms with Crippen molar-refractivity contribution in [1.82, 2.24) is 10.2 Å². The average Bonchev–Trinajstić information content (AvgIpc) is 2.67. The SMILES string of the molecule is COC(=O)c1ccc(CC(C)NCC(c2cccc(Cl)c2)N(C)C)c(OC)c1. The molecule has 0 fully saturated rings. The molecule has 0 radical (unpaired) electrons. The Bertz CT molecular complexity index is 795. The van der Waals surface area contributed by atoms with E-state index in [0.717, 1.165) is 23.6 Å². The van der Waals surface area contributed by atoms with Crippen LogP contribution >= 0.6 is 11.6 Å². The van der Waals surface area contributed by atoms with Crippen LogP contribution < -0.4 is 10.1 Å². The van der Waals surface area contributed by atoms with Crippen molar-refractivity contribution in [1.29, 1.82) is 0 Å². The first-order valence-corrected chi connectivity index (χ1v) is 9.64. The molecule has 6 heteroatoms. The lowest BCUT2D eigenvalue weighted by Gasteiger charge is -2.27. The van der Waals surface area contributed by atoms with Gasteiger partial charge in [-0.2, -0.15) is 0 Å². The third-order valence-corrected chi connectivity index (χ3v) is 4.99. The molecule has 0 aromatic heterocycles. The molecule has 2 aromatic rings. The van der Waals surface area contributed by atoms with Gasteiger partial charge in [-0.05, 0) is 62.8 Å². The van der Waals surface area contributed by atoms with Crippen molar-refractivity contribution >= 4 is 17.6 Å². The Morgan fingerprint density at radius 2 is 1.93 bits per heavy atom. The van der Waals surface area contributed by atoms with Crippen molar-refractivity contribution in [2.45, 2.75) is 25.4 Å². The zero-order valence-corrected chi connectivity index (χ0v) is 17.9. The van der Waals surface area contributed by atoms with Crippen LogP contribution in [0.4, 0.5) is 0 Å². The van der Waals surface area contributed by atoms with Gasteiger partial charge < -0.3 is 19.7 Å². The minimum atomic E-state index is -0.369. The molecule has 2 unspecified atom stereocenters. The number of methoxy groups -OCH3 is 2. The van der Waals surface area contributed by atoms with Crippen molar-refractivity contribution in [3.8, 4) is 5.75 Å². The van der Waals surface area contributed by atoms with Gasteiger partial charge in [0.25, 0.3) is 0 Å². The highest BCUT2D eigenvalue weighted by molar-refractivity contribution is 6.30. The Hall–Kier alpha value is -2.08. The van der Waals surface area contributed by atoms with Crippen LogP contribution in [0.25, 0.3) is 0 Å². The van der Waals surface area contributed by atoms with Gasteiger partial charge in [0.15, 0.2) is 0 Å². The Balaban J connectivity index is 2.04. The van der Waals surface area contributed by atoms with Crippen LogP contribution in [-0.2, 0) is 11.2 Å². The summed E-state index contributed by atoms with van der Waals surface area (Å²) in [4.78, 5) is 13.9. The fourth-order valence-electron chi connectivity index (χ4n) is 3.19. The second-order valence-electron chi connectivity index (χ2n) is 7.07. The van der Waals surface area contributed by atoms with Crippen molar-refractivity contribution < 1.29 is 14.3 Å². The summed E-state index contributed by atoms with van der Waals surface area (Å²) in [5.41, 5.74) is 2.70. The Morgan fingerprint density at radius 1 is 1.18 bits per heavy atom. The summed E-state index contributed by atoms with van der Waals surface area (Å²) in [5, 5.41) is 4.34. The number of likely N-dealkylation sites (N-methyl/N-ethyl adjacent to an activating group) is 1. The molecular formula is C22H29ClN2O3. The molecule has 28 heavy (non-hydrogen) atoms. The maximum Gasteiger partial charge on any atom is 0.337 e. The van der Waals surface area contributed by atoms with E-state index in [0.29, 0.717) is 11.3 Å². The maximum atomic E-state index is 11.7. The summed E-state index contributed by atoms with van der Waals surface area (Å²) in [7, 11) is 7.11. The zero-order valence-electron chi connectivity index (χ0n) is 17.2. The summed E-state index contributed by atoms with van der Waals surface area (Å²) < 4.78 is 10.2. The highest BCUT2D eigenvalue weighted by Gasteiger charge is 2.17. The predicted molar refractivity (Wildman–Crippen MR) is 113 cm³/mol. The molecule has 2 atom stereocenters. The summed E-state index contributed by atoms with van der Waals surface area (Å²) in [6, 6.07) is 13.8. The van der Waals surface area contributed by atoms with E-state index in [2.05, 4.69) is 37.3 Å². The molecule has 0 bridgehead atoms. The standard InChI is InChI=1S/C22H29ClN2O3/c1-15(11-17-9-10-18(22(26)28-5)13-21(17)27-4)24-14-20(25(2)3)16-7-6-8-19(23)12-16/h6-10,12-13,15,20,24H,11,14H2,1-5H3. The third kappa shape index (κ3) is 5.96. The minimum absolute atomic E-state index is 0.213. The van der Waals surface area contributed by atoms with Crippen molar-refractivity contribution in [2.75, 3.05) is 34.9 Å². The number of hydrogen-bond acceptors (Lipinski definition) is 5. The quantitative estimate of drug-likeness (QED) is 0.641. The molecule has 5 nitrogen and oxygen atoms in total. The summed E-state index contributed by atoms with van der Waals surface area (Å²) >= 11 is 6.16. The molecule has 152 valence electrons. The molecule has 0 aliphatic heterocycles. The van der Waals surface area contributed by atoms with Gasteiger partial charge in [0.05, 0.1) is 19.8 Å². The van der Waals surface area contributed by atoms with Gasteiger partial charge in [0.2, 0.25) is 0 Å². The molecule has 0 spiro atoms. The van der Waals surface area contributed by atoms with Crippen LogP contribution in [0, 0.1) is 0 Å². The Morgan fingerprint density at radius 3 is 2.54 bits per heavy atom. The van der Waals surface area contributed by atoms with Crippen LogP contribution in [0.1, 0.15) is 34.5 Å². The first-order valence-electron chi connectivity index (χ1n) is 9.26. The van der Waals surface area contributed by atoms with Crippen molar-refractivity contribution in [3.05, 3.63) is 64.2 Å². The lowest BCUT2D eigenvalue weighted by Crippen LogP contribution is -2.36. The van der Waals surface area contributed by atoms with Crippen LogP contribution in [0.15, 0.2) is 42.5 Å². The van der Waals surface area contributed by atoms with Crippen LogP contribution in [0.2, 0.25) is 5.02 Å². The van der Waals surface area contributed by atoms with Gasteiger partial charge >= 0.3 is 5.97 Å². The molecule has 0 heterocycles. The van der Waals surface area contributed by atoms with Crippen molar-refractivity contribution in [3.63, 3.8) is 0 Å². The number of hydrogen-bond donors (Lipinski definition) is 1. The van der Waals surface area contributed by atoms with Crippen LogP contribution in [-0.4, -0.2) is 51.8 Å². The number of nitrogens with zero attached hydrogens (tertiary/aromatic N) is 1. The fraction of sp³-hybridized carbons (Fsp3) is 0.409. The minimum Gasteiger partial charge on any atom is -0.496 e. The Labute approximate surface area is 172 Å². The van der Waals surface area contributed by atoms with Gasteiger partial charge in [-0.3, -0.25) is 0 Å².